The molecule has 2 N–H and O–H groups in total. The topological polar surface area (TPSA) is 53.6 Å². The monoisotopic (exact) mass is 331 g/mol. The smallest absolute Gasteiger partial charge is 0.251 e. The Morgan fingerprint density at radius 1 is 1.21 bits per heavy atom. The largest absolute Gasteiger partial charge is 0.382 e. The first-order valence-corrected chi connectivity index (χ1v) is 9.15. The van der Waals surface area contributed by atoms with E-state index in [-0.39, 0.29) is 5.91 Å². The normalized spacial score (nSPS) is 24.7. The van der Waals surface area contributed by atoms with Gasteiger partial charge in [0.2, 0.25) is 0 Å². The second-order valence-electron chi connectivity index (χ2n) is 7.05. The second kappa shape index (κ2) is 8.49. The van der Waals surface area contributed by atoms with Gasteiger partial charge in [-0.15, -0.1) is 0 Å². The van der Waals surface area contributed by atoms with E-state index in [0.717, 1.165) is 50.0 Å². The molecule has 5 nitrogen and oxygen atoms in total. The molecule has 0 radical (unpaired) electrons. The molecule has 5 heteroatoms. The van der Waals surface area contributed by atoms with Crippen molar-refractivity contribution in [1.29, 1.82) is 0 Å². The van der Waals surface area contributed by atoms with E-state index in [1.165, 1.54) is 19.3 Å². The lowest BCUT2D eigenvalue weighted by atomic mass is 10.1. The zero-order chi connectivity index (χ0) is 16.8. The van der Waals surface area contributed by atoms with Crippen molar-refractivity contribution < 1.29 is 9.53 Å². The van der Waals surface area contributed by atoms with Crippen LogP contribution in [0.2, 0.25) is 0 Å². The average molecular weight is 331 g/mol. The van der Waals surface area contributed by atoms with E-state index < -0.39 is 0 Å². The van der Waals surface area contributed by atoms with Gasteiger partial charge in [-0.1, -0.05) is 6.92 Å². The second-order valence-corrected chi connectivity index (χ2v) is 7.05. The van der Waals surface area contributed by atoms with Crippen molar-refractivity contribution in [1.82, 2.24) is 10.2 Å². The lowest BCUT2D eigenvalue weighted by Gasteiger charge is -2.26. The van der Waals surface area contributed by atoms with Crippen LogP contribution in [0.4, 0.5) is 5.69 Å². The van der Waals surface area contributed by atoms with Crippen molar-refractivity contribution in [2.75, 3.05) is 44.7 Å². The van der Waals surface area contributed by atoms with Gasteiger partial charge in [-0.3, -0.25) is 9.69 Å². The highest BCUT2D eigenvalue weighted by atomic mass is 16.5. The number of carbonyl (C=O) groups is 1. The van der Waals surface area contributed by atoms with Gasteiger partial charge < -0.3 is 15.4 Å². The Hall–Kier alpha value is -1.59. The van der Waals surface area contributed by atoms with E-state index in [4.69, 9.17) is 4.74 Å². The Morgan fingerprint density at radius 2 is 1.96 bits per heavy atom. The third-order valence-corrected chi connectivity index (χ3v) is 5.03. The number of rotatable bonds is 6. The molecular weight excluding hydrogens is 302 g/mol. The third-order valence-electron chi connectivity index (χ3n) is 5.03. The lowest BCUT2D eigenvalue weighted by molar-refractivity contribution is 0.0383. The summed E-state index contributed by atoms with van der Waals surface area (Å²) in [4.78, 5) is 14.5. The number of hydrogen-bond acceptors (Lipinski definition) is 4. The number of carbonyl (C=O) groups excluding carboxylic acids is 1. The molecule has 0 bridgehead atoms. The minimum atomic E-state index is 0.00398. The van der Waals surface area contributed by atoms with E-state index in [2.05, 4.69) is 22.5 Å². The molecular formula is C19H29N3O2. The Balaban J connectivity index is 1.41. The number of hydrogen-bond donors (Lipinski definition) is 2. The molecule has 2 fully saturated rings. The maximum absolute atomic E-state index is 12.2. The fraction of sp³-hybridized carbons (Fsp3) is 0.632. The van der Waals surface area contributed by atoms with Gasteiger partial charge in [0.15, 0.2) is 0 Å². The Labute approximate surface area is 144 Å². The van der Waals surface area contributed by atoms with Crippen LogP contribution in [0.15, 0.2) is 24.3 Å². The van der Waals surface area contributed by atoms with Crippen molar-refractivity contribution in [3.8, 4) is 0 Å². The predicted molar refractivity (Wildman–Crippen MR) is 96.5 cm³/mol. The van der Waals surface area contributed by atoms with Crippen LogP contribution in [0, 0.1) is 5.92 Å². The van der Waals surface area contributed by atoms with Gasteiger partial charge >= 0.3 is 0 Å². The standard InChI is InChI=1S/C19H29N3O2/c1-15-2-5-18(14-15)21-17-6-3-16(4-7-17)19(23)20-8-9-22-10-12-24-13-11-22/h3-4,6-7,15,18,21H,2,5,8-14H2,1H3,(H,20,23). The molecule has 2 atom stereocenters. The first-order chi connectivity index (χ1) is 11.7. The Bertz CT molecular complexity index is 526. The van der Waals surface area contributed by atoms with Crippen LogP contribution >= 0.6 is 0 Å². The fourth-order valence-electron chi connectivity index (χ4n) is 3.55. The summed E-state index contributed by atoms with van der Waals surface area (Å²) in [5, 5.41) is 6.58. The molecule has 3 rings (SSSR count). The molecule has 132 valence electrons. The fourth-order valence-corrected chi connectivity index (χ4v) is 3.55. The first kappa shape index (κ1) is 17.2. The third kappa shape index (κ3) is 4.95. The highest BCUT2D eigenvalue weighted by Crippen LogP contribution is 2.27. The minimum absolute atomic E-state index is 0.00398. The summed E-state index contributed by atoms with van der Waals surface area (Å²) in [5.41, 5.74) is 1.83. The molecule has 1 saturated heterocycles. The molecule has 0 aromatic heterocycles. The highest BCUT2D eigenvalue weighted by molar-refractivity contribution is 5.94. The molecule has 1 amide bonds. The Kier molecular flexibility index (Phi) is 6.10. The van der Waals surface area contributed by atoms with Crippen LogP contribution < -0.4 is 10.6 Å². The molecule has 2 unspecified atom stereocenters. The predicted octanol–water partition coefficient (Wildman–Crippen LogP) is 2.35. The quantitative estimate of drug-likeness (QED) is 0.840. The summed E-state index contributed by atoms with van der Waals surface area (Å²) >= 11 is 0. The van der Waals surface area contributed by atoms with Crippen molar-refractivity contribution in [2.24, 2.45) is 5.92 Å². The summed E-state index contributed by atoms with van der Waals surface area (Å²) in [6, 6.07) is 8.42. The molecule has 24 heavy (non-hydrogen) atoms. The number of nitrogens with zero attached hydrogens (tertiary/aromatic N) is 1. The molecule has 1 aliphatic carbocycles. The zero-order valence-corrected chi connectivity index (χ0v) is 14.6. The van der Waals surface area contributed by atoms with Crippen LogP contribution in [0.3, 0.4) is 0 Å². The lowest BCUT2D eigenvalue weighted by Crippen LogP contribution is -2.41. The van der Waals surface area contributed by atoms with Gasteiger partial charge in [0.05, 0.1) is 13.2 Å². The maximum Gasteiger partial charge on any atom is 0.251 e. The van der Waals surface area contributed by atoms with Crippen LogP contribution in [-0.4, -0.2) is 56.2 Å². The number of amides is 1. The molecule has 1 heterocycles. The highest BCUT2D eigenvalue weighted by Gasteiger charge is 2.20. The number of ether oxygens (including phenoxy) is 1. The Morgan fingerprint density at radius 3 is 2.62 bits per heavy atom. The van der Waals surface area contributed by atoms with Crippen molar-refractivity contribution in [3.63, 3.8) is 0 Å². The molecule has 1 aromatic carbocycles. The minimum Gasteiger partial charge on any atom is -0.382 e. The van der Waals surface area contributed by atoms with E-state index in [1.54, 1.807) is 0 Å². The zero-order valence-electron chi connectivity index (χ0n) is 14.6. The van der Waals surface area contributed by atoms with Crippen LogP contribution in [0.1, 0.15) is 36.5 Å². The van der Waals surface area contributed by atoms with Crippen LogP contribution in [-0.2, 0) is 4.74 Å². The summed E-state index contributed by atoms with van der Waals surface area (Å²) in [5.74, 6) is 0.823. The summed E-state index contributed by atoms with van der Waals surface area (Å²) in [6.45, 7) is 7.37. The molecule has 1 aliphatic heterocycles. The number of anilines is 1. The van der Waals surface area contributed by atoms with Crippen LogP contribution in [0.25, 0.3) is 0 Å². The van der Waals surface area contributed by atoms with Crippen molar-refractivity contribution >= 4 is 11.6 Å². The first-order valence-electron chi connectivity index (χ1n) is 9.15. The van der Waals surface area contributed by atoms with Crippen LogP contribution in [0.5, 0.6) is 0 Å². The number of morpholine rings is 1. The van der Waals surface area contributed by atoms with Gasteiger partial charge in [-0.25, -0.2) is 0 Å². The van der Waals surface area contributed by atoms with Gasteiger partial charge in [0.25, 0.3) is 5.91 Å². The molecule has 1 aromatic rings. The van der Waals surface area contributed by atoms with Crippen molar-refractivity contribution in [2.45, 2.75) is 32.2 Å². The van der Waals surface area contributed by atoms with Crippen molar-refractivity contribution in [3.05, 3.63) is 29.8 Å². The van der Waals surface area contributed by atoms with Gasteiger partial charge in [0.1, 0.15) is 0 Å². The molecule has 1 saturated carbocycles. The van der Waals surface area contributed by atoms with Gasteiger partial charge in [0, 0.05) is 43.5 Å². The summed E-state index contributed by atoms with van der Waals surface area (Å²) < 4.78 is 5.33. The van der Waals surface area contributed by atoms with Gasteiger partial charge in [-0.2, -0.15) is 0 Å². The van der Waals surface area contributed by atoms with E-state index in [0.29, 0.717) is 12.6 Å². The average Bonchev–Trinajstić information content (AvgIpc) is 3.01. The number of benzene rings is 1. The molecule has 0 spiro atoms. The maximum atomic E-state index is 12.2. The SMILES string of the molecule is CC1CCC(Nc2ccc(C(=O)NCCN3CCOCC3)cc2)C1. The van der Waals surface area contributed by atoms with E-state index in [9.17, 15) is 4.79 Å². The van der Waals surface area contributed by atoms with Gasteiger partial charge in [-0.05, 0) is 49.4 Å². The summed E-state index contributed by atoms with van der Waals surface area (Å²) in [6.07, 6.45) is 3.79. The summed E-state index contributed by atoms with van der Waals surface area (Å²) in [7, 11) is 0. The van der Waals surface area contributed by atoms with E-state index >= 15 is 0 Å². The van der Waals surface area contributed by atoms with E-state index in [1.807, 2.05) is 24.3 Å². The number of nitrogens with one attached hydrogen (secondary N) is 2. The molecule has 2 aliphatic rings.